The van der Waals surface area contributed by atoms with Gasteiger partial charge in [0, 0.05) is 17.3 Å². The van der Waals surface area contributed by atoms with Crippen LogP contribution in [0.5, 0.6) is 0 Å². The van der Waals surface area contributed by atoms with Crippen LogP contribution in [0, 0.1) is 0 Å². The fourth-order valence-corrected chi connectivity index (χ4v) is 2.69. The first-order chi connectivity index (χ1) is 7.65. The second-order valence-corrected chi connectivity index (χ2v) is 5.43. The van der Waals surface area contributed by atoms with Gasteiger partial charge in [0.25, 0.3) is 0 Å². The monoisotopic (exact) mass is 281 g/mol. The molecule has 1 atom stereocenters. The minimum absolute atomic E-state index is 0.381. The quantitative estimate of drug-likeness (QED) is 0.626. The van der Waals surface area contributed by atoms with Gasteiger partial charge in [-0.2, -0.15) is 11.8 Å². The summed E-state index contributed by atoms with van der Waals surface area (Å²) in [5, 5.41) is 3.88. The highest BCUT2D eigenvalue weighted by molar-refractivity contribution is 7.98. The van der Waals surface area contributed by atoms with E-state index in [0.29, 0.717) is 16.5 Å². The highest BCUT2D eigenvalue weighted by Gasteiger charge is 2.13. The first kappa shape index (κ1) is 13.7. The van der Waals surface area contributed by atoms with E-state index < -0.39 is 6.04 Å². The van der Waals surface area contributed by atoms with E-state index in [1.807, 2.05) is 0 Å². The Morgan fingerprint density at radius 2 is 2.50 bits per heavy atom. The third-order valence-corrected chi connectivity index (χ3v) is 3.81. The molecule has 8 heteroatoms. The van der Waals surface area contributed by atoms with E-state index in [9.17, 15) is 4.79 Å². The molecule has 0 aromatic carbocycles. The molecule has 16 heavy (non-hydrogen) atoms. The van der Waals surface area contributed by atoms with Gasteiger partial charge in [-0.15, -0.1) is 5.10 Å². The van der Waals surface area contributed by atoms with Gasteiger partial charge in [-0.25, -0.2) is 0 Å². The molecular formula is C8H12ClN3O2S2. The van der Waals surface area contributed by atoms with Crippen LogP contribution in [0.1, 0.15) is 12.1 Å². The maximum atomic E-state index is 11.0. The molecule has 0 radical (unpaired) electrons. The molecule has 0 aliphatic heterocycles. The molecule has 0 amide bonds. The maximum Gasteiger partial charge on any atom is 0.322 e. The van der Waals surface area contributed by atoms with Gasteiger partial charge >= 0.3 is 5.97 Å². The number of methoxy groups -OCH3 is 1. The Balaban J connectivity index is 2.17. The van der Waals surface area contributed by atoms with Crippen LogP contribution >= 0.6 is 34.9 Å². The molecule has 0 aliphatic carbocycles. The van der Waals surface area contributed by atoms with Crippen molar-refractivity contribution >= 4 is 40.9 Å². The van der Waals surface area contributed by atoms with E-state index in [0.717, 1.165) is 11.4 Å². The highest BCUT2D eigenvalue weighted by atomic mass is 35.5. The molecule has 0 saturated carbocycles. The van der Waals surface area contributed by atoms with Crippen molar-refractivity contribution in [3.05, 3.63) is 10.0 Å². The number of rotatable bonds is 6. The fourth-order valence-electron chi connectivity index (χ4n) is 0.932. The van der Waals surface area contributed by atoms with E-state index in [4.69, 9.17) is 17.3 Å². The molecule has 0 aliphatic rings. The van der Waals surface area contributed by atoms with Crippen LogP contribution in [0.25, 0.3) is 0 Å². The molecule has 0 saturated heterocycles. The number of esters is 1. The summed E-state index contributed by atoms with van der Waals surface area (Å²) < 4.78 is 8.86. The zero-order valence-corrected chi connectivity index (χ0v) is 11.1. The minimum Gasteiger partial charge on any atom is -0.468 e. The predicted molar refractivity (Wildman–Crippen MR) is 65.7 cm³/mol. The van der Waals surface area contributed by atoms with Gasteiger partial charge < -0.3 is 10.5 Å². The van der Waals surface area contributed by atoms with Gasteiger partial charge in [0.2, 0.25) is 0 Å². The average molecular weight is 282 g/mol. The molecule has 1 rings (SSSR count). The summed E-state index contributed by atoms with van der Waals surface area (Å²) in [4.78, 5) is 11.0. The summed E-state index contributed by atoms with van der Waals surface area (Å²) in [5.41, 5.74) is 6.36. The SMILES string of the molecule is COC(=O)C(N)CCSCc1nnsc1Cl. The van der Waals surface area contributed by atoms with Gasteiger partial charge in [0.05, 0.1) is 7.11 Å². The van der Waals surface area contributed by atoms with Crippen LogP contribution in [-0.4, -0.2) is 34.5 Å². The molecule has 2 N–H and O–H groups in total. The van der Waals surface area contributed by atoms with Crippen LogP contribution < -0.4 is 5.73 Å². The van der Waals surface area contributed by atoms with E-state index in [1.54, 1.807) is 11.8 Å². The van der Waals surface area contributed by atoms with Gasteiger partial charge in [-0.05, 0) is 12.2 Å². The van der Waals surface area contributed by atoms with E-state index in [2.05, 4.69) is 14.3 Å². The van der Waals surface area contributed by atoms with Crippen molar-refractivity contribution in [3.8, 4) is 0 Å². The van der Waals surface area contributed by atoms with Crippen LogP contribution in [-0.2, 0) is 15.3 Å². The summed E-state index contributed by atoms with van der Waals surface area (Å²) in [6.07, 6.45) is 0.576. The van der Waals surface area contributed by atoms with Crippen molar-refractivity contribution in [2.75, 3.05) is 12.9 Å². The molecule has 5 nitrogen and oxygen atoms in total. The number of halogens is 1. The molecule has 1 unspecified atom stereocenters. The molecule has 1 aromatic heterocycles. The number of aromatic nitrogens is 2. The lowest BCUT2D eigenvalue weighted by molar-refractivity contribution is -0.142. The lowest BCUT2D eigenvalue weighted by atomic mass is 10.2. The summed E-state index contributed by atoms with van der Waals surface area (Å²) in [6.45, 7) is 0. The zero-order valence-electron chi connectivity index (χ0n) is 8.68. The van der Waals surface area contributed by atoms with Crippen LogP contribution in [0.2, 0.25) is 4.34 Å². The summed E-state index contributed by atoms with van der Waals surface area (Å²) >= 11 is 8.62. The predicted octanol–water partition coefficient (Wildman–Crippen LogP) is 1.32. The number of ether oxygens (including phenoxy) is 1. The van der Waals surface area contributed by atoms with Crippen molar-refractivity contribution in [2.45, 2.75) is 18.2 Å². The summed E-state index contributed by atoms with van der Waals surface area (Å²) in [7, 11) is 1.33. The van der Waals surface area contributed by atoms with Crippen molar-refractivity contribution in [1.82, 2.24) is 9.59 Å². The Labute approximate surface area is 107 Å². The Kier molecular flexibility index (Phi) is 6.04. The van der Waals surface area contributed by atoms with Crippen LogP contribution in [0.3, 0.4) is 0 Å². The second-order valence-electron chi connectivity index (χ2n) is 2.96. The molecule has 1 heterocycles. The molecular weight excluding hydrogens is 270 g/mol. The smallest absolute Gasteiger partial charge is 0.322 e. The largest absolute Gasteiger partial charge is 0.468 e. The Morgan fingerprint density at radius 3 is 3.06 bits per heavy atom. The van der Waals surface area contributed by atoms with Gasteiger partial charge in [-0.1, -0.05) is 16.1 Å². The van der Waals surface area contributed by atoms with Crippen molar-refractivity contribution < 1.29 is 9.53 Å². The number of thioether (sulfide) groups is 1. The Morgan fingerprint density at radius 1 is 1.75 bits per heavy atom. The number of nitrogens with two attached hydrogens (primary N) is 1. The maximum absolute atomic E-state index is 11.0. The van der Waals surface area contributed by atoms with Gasteiger partial charge in [-0.3, -0.25) is 4.79 Å². The van der Waals surface area contributed by atoms with E-state index in [-0.39, 0.29) is 5.97 Å². The zero-order chi connectivity index (χ0) is 12.0. The topological polar surface area (TPSA) is 78.1 Å². The number of hydrogen-bond acceptors (Lipinski definition) is 7. The number of carbonyl (C=O) groups excluding carboxylic acids is 1. The lowest BCUT2D eigenvalue weighted by Crippen LogP contribution is -2.31. The first-order valence-corrected chi connectivity index (χ1v) is 6.83. The van der Waals surface area contributed by atoms with Crippen molar-refractivity contribution in [1.29, 1.82) is 0 Å². The van der Waals surface area contributed by atoms with Crippen molar-refractivity contribution in [2.24, 2.45) is 5.73 Å². The Hall–Kier alpha value is -0.370. The minimum atomic E-state index is -0.554. The summed E-state index contributed by atoms with van der Waals surface area (Å²) in [5.74, 6) is 1.06. The lowest BCUT2D eigenvalue weighted by Gasteiger charge is -2.07. The third kappa shape index (κ3) is 4.25. The fraction of sp³-hybridized carbons (Fsp3) is 0.625. The van der Waals surface area contributed by atoms with Gasteiger partial charge in [0.1, 0.15) is 16.1 Å². The number of hydrogen-bond donors (Lipinski definition) is 1. The second kappa shape index (κ2) is 7.05. The number of nitrogens with zero attached hydrogens (tertiary/aromatic N) is 2. The standard InChI is InChI=1S/C8H12ClN3O2S2/c1-14-8(13)5(10)2-3-15-4-6-7(9)16-12-11-6/h5H,2-4,10H2,1H3. The van der Waals surface area contributed by atoms with E-state index >= 15 is 0 Å². The third-order valence-electron chi connectivity index (χ3n) is 1.83. The molecule has 0 bridgehead atoms. The Bertz CT molecular complexity index is 348. The molecule has 90 valence electrons. The molecule has 0 spiro atoms. The molecule has 0 fully saturated rings. The molecule has 1 aromatic rings. The highest BCUT2D eigenvalue weighted by Crippen LogP contribution is 2.22. The van der Waals surface area contributed by atoms with Crippen LogP contribution in [0.15, 0.2) is 0 Å². The normalized spacial score (nSPS) is 12.4. The summed E-state index contributed by atoms with van der Waals surface area (Å²) in [6, 6.07) is -0.554. The first-order valence-electron chi connectivity index (χ1n) is 4.53. The number of carbonyl (C=O) groups is 1. The average Bonchev–Trinajstić information content (AvgIpc) is 2.69. The van der Waals surface area contributed by atoms with Crippen molar-refractivity contribution in [3.63, 3.8) is 0 Å². The van der Waals surface area contributed by atoms with Crippen LogP contribution in [0.4, 0.5) is 0 Å². The van der Waals surface area contributed by atoms with Gasteiger partial charge in [0.15, 0.2) is 0 Å². The van der Waals surface area contributed by atoms with E-state index in [1.165, 1.54) is 18.6 Å².